The van der Waals surface area contributed by atoms with Crippen molar-refractivity contribution in [1.82, 2.24) is 0 Å². The third-order valence-corrected chi connectivity index (χ3v) is 3.54. The van der Waals surface area contributed by atoms with Crippen LogP contribution in [-0.2, 0) is 14.6 Å². The van der Waals surface area contributed by atoms with Gasteiger partial charge in [0.15, 0.2) is 6.61 Å². The summed E-state index contributed by atoms with van der Waals surface area (Å²) in [5.41, 5.74) is 6.68. The summed E-state index contributed by atoms with van der Waals surface area (Å²) >= 11 is 0. The van der Waals surface area contributed by atoms with E-state index in [9.17, 15) is 13.2 Å². The van der Waals surface area contributed by atoms with Gasteiger partial charge in [-0.25, -0.2) is 8.42 Å². The molecule has 2 N–H and O–H groups in total. The van der Waals surface area contributed by atoms with E-state index in [1.807, 2.05) is 0 Å². The Morgan fingerprint density at radius 1 is 1.44 bits per heavy atom. The second-order valence-electron chi connectivity index (χ2n) is 4.19. The average Bonchev–Trinajstić information content (AvgIpc) is 2.26. The minimum absolute atomic E-state index is 0.0827. The van der Waals surface area contributed by atoms with Crippen LogP contribution < -0.4 is 15.4 Å². The second kappa shape index (κ2) is 4.49. The number of amides is 1. The van der Waals surface area contributed by atoms with Crippen LogP contribution in [-0.4, -0.2) is 39.5 Å². The normalized spacial score (nSPS) is 15.2. The van der Waals surface area contributed by atoms with Gasteiger partial charge >= 0.3 is 0 Å². The minimum atomic E-state index is -3.13. The molecule has 0 atom stereocenters. The zero-order chi connectivity index (χ0) is 13.3. The maximum Gasteiger partial charge on any atom is 0.265 e. The molecule has 6 nitrogen and oxygen atoms in total. The van der Waals surface area contributed by atoms with Gasteiger partial charge in [-0.3, -0.25) is 4.79 Å². The maximum absolute atomic E-state index is 11.8. The van der Waals surface area contributed by atoms with E-state index in [0.29, 0.717) is 17.1 Å². The number of hydrogen-bond donors (Lipinski definition) is 1. The Bertz CT molecular complexity index is 583. The zero-order valence-corrected chi connectivity index (χ0v) is 10.7. The standard InChI is InChI=1S/C11H14N2O4S/c1-18(15,16)5-4-13-9-6-8(12)2-3-10(9)17-7-11(13)14/h2-3,6H,4-5,7,12H2,1H3. The van der Waals surface area contributed by atoms with Crippen molar-refractivity contribution in [3.63, 3.8) is 0 Å². The summed E-state index contributed by atoms with van der Waals surface area (Å²) in [6.07, 6.45) is 1.14. The summed E-state index contributed by atoms with van der Waals surface area (Å²) in [5.74, 6) is 0.182. The van der Waals surface area contributed by atoms with Crippen LogP contribution in [0.3, 0.4) is 0 Å². The van der Waals surface area contributed by atoms with Crippen molar-refractivity contribution in [2.75, 3.05) is 35.8 Å². The monoisotopic (exact) mass is 270 g/mol. The molecule has 0 unspecified atom stereocenters. The van der Waals surface area contributed by atoms with Crippen molar-refractivity contribution >= 4 is 27.1 Å². The first-order chi connectivity index (χ1) is 8.37. The molecule has 1 aromatic rings. The van der Waals surface area contributed by atoms with E-state index >= 15 is 0 Å². The largest absolute Gasteiger partial charge is 0.482 e. The van der Waals surface area contributed by atoms with E-state index in [1.54, 1.807) is 18.2 Å². The molecule has 0 aromatic heterocycles. The lowest BCUT2D eigenvalue weighted by Crippen LogP contribution is -2.41. The van der Waals surface area contributed by atoms with Crippen molar-refractivity contribution in [2.45, 2.75) is 0 Å². The van der Waals surface area contributed by atoms with Crippen LogP contribution in [0.5, 0.6) is 5.75 Å². The number of nitrogen functional groups attached to an aromatic ring is 1. The first-order valence-corrected chi connectivity index (χ1v) is 7.43. The fourth-order valence-electron chi connectivity index (χ4n) is 1.72. The van der Waals surface area contributed by atoms with E-state index in [4.69, 9.17) is 10.5 Å². The molecular weight excluding hydrogens is 256 g/mol. The van der Waals surface area contributed by atoms with Gasteiger partial charge in [0, 0.05) is 18.5 Å². The number of hydrogen-bond acceptors (Lipinski definition) is 5. The Morgan fingerprint density at radius 3 is 2.83 bits per heavy atom. The molecule has 7 heteroatoms. The average molecular weight is 270 g/mol. The zero-order valence-electron chi connectivity index (χ0n) is 9.92. The molecule has 1 aromatic carbocycles. The Morgan fingerprint density at radius 2 is 2.17 bits per heavy atom. The number of nitrogens with two attached hydrogens (primary N) is 1. The van der Waals surface area contributed by atoms with Crippen LogP contribution in [0.25, 0.3) is 0 Å². The van der Waals surface area contributed by atoms with Gasteiger partial charge in [0.05, 0.1) is 11.4 Å². The van der Waals surface area contributed by atoms with E-state index in [1.165, 1.54) is 4.90 Å². The van der Waals surface area contributed by atoms with Crippen molar-refractivity contribution in [3.05, 3.63) is 18.2 Å². The Hall–Kier alpha value is -1.76. The third-order valence-electron chi connectivity index (χ3n) is 2.61. The molecule has 1 aliphatic heterocycles. The molecule has 1 amide bonds. The predicted octanol–water partition coefficient (Wildman–Crippen LogP) is 0.0388. The minimum Gasteiger partial charge on any atom is -0.482 e. The summed E-state index contributed by atoms with van der Waals surface area (Å²) in [6, 6.07) is 4.95. The summed E-state index contributed by atoms with van der Waals surface area (Å²) < 4.78 is 27.6. The van der Waals surface area contributed by atoms with Crippen molar-refractivity contribution < 1.29 is 17.9 Å². The molecule has 1 heterocycles. The quantitative estimate of drug-likeness (QED) is 0.783. The van der Waals surface area contributed by atoms with Gasteiger partial charge in [-0.15, -0.1) is 0 Å². The molecule has 0 bridgehead atoms. The molecule has 0 spiro atoms. The maximum atomic E-state index is 11.8. The van der Waals surface area contributed by atoms with E-state index < -0.39 is 9.84 Å². The van der Waals surface area contributed by atoms with Gasteiger partial charge in [-0.05, 0) is 18.2 Å². The van der Waals surface area contributed by atoms with Crippen LogP contribution in [0.15, 0.2) is 18.2 Å². The van der Waals surface area contributed by atoms with Gasteiger partial charge in [-0.2, -0.15) is 0 Å². The molecule has 2 rings (SSSR count). The fraction of sp³-hybridized carbons (Fsp3) is 0.364. The lowest BCUT2D eigenvalue weighted by Gasteiger charge is -2.29. The summed E-state index contributed by atoms with van der Waals surface area (Å²) in [6.45, 7) is 0.0260. The second-order valence-corrected chi connectivity index (χ2v) is 6.45. The Kier molecular flexibility index (Phi) is 3.16. The highest BCUT2D eigenvalue weighted by Crippen LogP contribution is 2.33. The predicted molar refractivity (Wildman–Crippen MR) is 68.4 cm³/mol. The first kappa shape index (κ1) is 12.7. The van der Waals surface area contributed by atoms with Crippen LogP contribution in [0, 0.1) is 0 Å². The molecule has 0 radical (unpaired) electrons. The number of ether oxygens (including phenoxy) is 1. The molecule has 0 saturated heterocycles. The number of anilines is 2. The van der Waals surface area contributed by atoms with Crippen LogP contribution in [0.4, 0.5) is 11.4 Å². The van der Waals surface area contributed by atoms with E-state index in [2.05, 4.69) is 0 Å². The first-order valence-electron chi connectivity index (χ1n) is 5.37. The number of carbonyl (C=O) groups excluding carboxylic acids is 1. The summed E-state index contributed by atoms with van der Waals surface area (Å²) in [4.78, 5) is 13.1. The fourth-order valence-corrected chi connectivity index (χ4v) is 2.24. The molecule has 0 fully saturated rings. The van der Waals surface area contributed by atoms with Crippen molar-refractivity contribution in [1.29, 1.82) is 0 Å². The topological polar surface area (TPSA) is 89.7 Å². The highest BCUT2D eigenvalue weighted by molar-refractivity contribution is 7.90. The number of fused-ring (bicyclic) bond motifs is 1. The van der Waals surface area contributed by atoms with Crippen molar-refractivity contribution in [2.24, 2.45) is 0 Å². The summed E-state index contributed by atoms with van der Waals surface area (Å²) in [5, 5.41) is 0. The molecule has 98 valence electrons. The molecular formula is C11H14N2O4S. The van der Waals surface area contributed by atoms with Crippen LogP contribution in [0.2, 0.25) is 0 Å². The van der Waals surface area contributed by atoms with Gasteiger partial charge in [0.1, 0.15) is 15.6 Å². The number of nitrogens with zero attached hydrogens (tertiary/aromatic N) is 1. The lowest BCUT2D eigenvalue weighted by atomic mass is 10.2. The number of rotatable bonds is 3. The van der Waals surface area contributed by atoms with Gasteiger partial charge in [0.2, 0.25) is 0 Å². The highest BCUT2D eigenvalue weighted by Gasteiger charge is 2.26. The van der Waals surface area contributed by atoms with Gasteiger partial charge in [0.25, 0.3) is 5.91 Å². The number of sulfone groups is 1. The molecule has 0 saturated carbocycles. The van der Waals surface area contributed by atoms with E-state index in [-0.39, 0.29) is 24.8 Å². The van der Waals surface area contributed by atoms with Crippen LogP contribution >= 0.6 is 0 Å². The Labute approximate surface area is 105 Å². The number of benzene rings is 1. The van der Waals surface area contributed by atoms with Gasteiger partial charge in [-0.1, -0.05) is 0 Å². The lowest BCUT2D eigenvalue weighted by molar-refractivity contribution is -0.121. The number of carbonyl (C=O) groups is 1. The van der Waals surface area contributed by atoms with Gasteiger partial charge < -0.3 is 15.4 Å². The van der Waals surface area contributed by atoms with E-state index in [0.717, 1.165) is 6.26 Å². The molecule has 0 aliphatic carbocycles. The smallest absolute Gasteiger partial charge is 0.265 e. The third kappa shape index (κ3) is 2.73. The Balaban J connectivity index is 2.30. The molecule has 18 heavy (non-hydrogen) atoms. The van der Waals surface area contributed by atoms with Crippen molar-refractivity contribution in [3.8, 4) is 5.75 Å². The van der Waals surface area contributed by atoms with Crippen LogP contribution in [0.1, 0.15) is 0 Å². The summed E-state index contributed by atoms with van der Waals surface area (Å²) in [7, 11) is -3.13. The highest BCUT2D eigenvalue weighted by atomic mass is 32.2. The molecule has 1 aliphatic rings. The SMILES string of the molecule is CS(=O)(=O)CCN1C(=O)COc2ccc(N)cc21.